The minimum Gasteiger partial charge on any atom is -0.394 e. The fourth-order valence-corrected chi connectivity index (χ4v) is 8.98. The minimum atomic E-state index is -1.43. The molecule has 9 nitrogen and oxygen atoms in total. The molecule has 0 radical (unpaired) electrons. The van der Waals surface area contributed by atoms with Crippen molar-refractivity contribution in [2.75, 3.05) is 38.2 Å². The molecule has 1 aromatic rings. The van der Waals surface area contributed by atoms with E-state index in [0.717, 1.165) is 24.8 Å². The normalized spacial score (nSPS) is 32.2. The summed E-state index contributed by atoms with van der Waals surface area (Å²) in [4.78, 5) is 27.8. The predicted octanol–water partition coefficient (Wildman–Crippen LogP) is 2.74. The lowest BCUT2D eigenvalue weighted by molar-refractivity contribution is -0.130. The van der Waals surface area contributed by atoms with Crippen LogP contribution in [-0.2, 0) is 11.3 Å². The molecule has 40 heavy (non-hydrogen) atoms. The van der Waals surface area contributed by atoms with Crippen LogP contribution in [0.25, 0.3) is 0 Å². The van der Waals surface area contributed by atoms with Crippen LogP contribution in [-0.4, -0.2) is 76.1 Å². The van der Waals surface area contributed by atoms with Crippen LogP contribution in [0.15, 0.2) is 18.2 Å². The zero-order valence-electron chi connectivity index (χ0n) is 23.8. The maximum atomic E-state index is 15.0. The van der Waals surface area contributed by atoms with Crippen LogP contribution in [0, 0.1) is 28.5 Å². The molecule has 3 amide bonds. The topological polar surface area (TPSA) is 134 Å². The molecule has 1 aliphatic heterocycles. The van der Waals surface area contributed by atoms with Gasteiger partial charge in [-0.05, 0) is 98.9 Å². The number of hydrogen-bond donors (Lipinski definition) is 6. The summed E-state index contributed by atoms with van der Waals surface area (Å²) >= 11 is 0. The third kappa shape index (κ3) is 6.00. The summed E-state index contributed by atoms with van der Waals surface area (Å²) in [5.41, 5.74) is -0.135. The van der Waals surface area contributed by atoms with Gasteiger partial charge < -0.3 is 31.3 Å². The highest BCUT2D eigenvalue weighted by Crippen LogP contribution is 2.66. The Bertz CT molecular complexity index is 1090. The van der Waals surface area contributed by atoms with Crippen molar-refractivity contribution in [3.8, 4) is 0 Å². The van der Waals surface area contributed by atoms with Gasteiger partial charge in [0.1, 0.15) is 11.4 Å². The Kier molecular flexibility index (Phi) is 7.93. The number of aliphatic hydroxyl groups excluding tert-OH is 3. The van der Waals surface area contributed by atoms with Gasteiger partial charge in [-0.1, -0.05) is 19.9 Å². The Labute approximate surface area is 235 Å². The molecule has 5 aliphatic rings. The largest absolute Gasteiger partial charge is 0.394 e. The molecule has 6 N–H and O–H groups in total. The molecule has 222 valence electrons. The fourth-order valence-electron chi connectivity index (χ4n) is 8.98. The Hall–Kier alpha value is -2.27. The molecule has 1 heterocycles. The average Bonchev–Trinajstić information content (AvgIpc) is 2.87. The number of amides is 3. The highest BCUT2D eigenvalue weighted by atomic mass is 19.1. The predicted molar refractivity (Wildman–Crippen MR) is 149 cm³/mol. The molecule has 1 aromatic carbocycles. The van der Waals surface area contributed by atoms with Gasteiger partial charge in [0.05, 0.1) is 25.5 Å². The number of halogens is 1. The van der Waals surface area contributed by atoms with Gasteiger partial charge in [0, 0.05) is 18.0 Å². The number of carbonyl (C=O) groups excluding carboxylic acids is 2. The maximum absolute atomic E-state index is 15.0. The first-order chi connectivity index (χ1) is 18.9. The summed E-state index contributed by atoms with van der Waals surface area (Å²) in [6.07, 6.45) is 7.85. The first kappa shape index (κ1) is 29.2. The van der Waals surface area contributed by atoms with E-state index >= 15 is 4.39 Å². The monoisotopic (exact) mass is 560 g/mol. The summed E-state index contributed by atoms with van der Waals surface area (Å²) in [7, 11) is 0. The van der Waals surface area contributed by atoms with Crippen LogP contribution in [0.5, 0.6) is 0 Å². The second-order valence-electron chi connectivity index (χ2n) is 14.1. The smallest absolute Gasteiger partial charge is 0.319 e. The number of aliphatic hydroxyl groups is 3. The van der Waals surface area contributed by atoms with Gasteiger partial charge in [-0.15, -0.1) is 0 Å². The first-order valence-corrected chi connectivity index (χ1v) is 14.7. The van der Waals surface area contributed by atoms with Crippen molar-refractivity contribution in [2.24, 2.45) is 22.7 Å². The van der Waals surface area contributed by atoms with E-state index < -0.39 is 31.2 Å². The van der Waals surface area contributed by atoms with Crippen LogP contribution in [0.3, 0.4) is 0 Å². The molecule has 0 aromatic heterocycles. The minimum absolute atomic E-state index is 0.166. The molecule has 1 saturated heterocycles. The molecule has 2 unspecified atom stereocenters. The number of piperidine rings is 1. The molecule has 4 saturated carbocycles. The highest BCUT2D eigenvalue weighted by molar-refractivity contribution is 5.90. The fraction of sp³-hybridized carbons (Fsp3) is 0.733. The van der Waals surface area contributed by atoms with Crippen molar-refractivity contribution in [3.63, 3.8) is 0 Å². The van der Waals surface area contributed by atoms with Crippen LogP contribution in [0.4, 0.5) is 14.9 Å². The number of urea groups is 1. The quantitative estimate of drug-likeness (QED) is 0.275. The number of anilines is 1. The van der Waals surface area contributed by atoms with Crippen LogP contribution in [0.1, 0.15) is 70.8 Å². The van der Waals surface area contributed by atoms with Crippen molar-refractivity contribution in [3.05, 3.63) is 29.6 Å². The van der Waals surface area contributed by atoms with Crippen LogP contribution < -0.4 is 16.0 Å². The number of rotatable bonds is 9. The number of hydrogen-bond acceptors (Lipinski definition) is 6. The Morgan fingerprint density at radius 1 is 1.00 bits per heavy atom. The van der Waals surface area contributed by atoms with E-state index in [4.69, 9.17) is 0 Å². The Balaban J connectivity index is 1.12. The average molecular weight is 561 g/mol. The molecule has 4 bridgehead atoms. The van der Waals surface area contributed by atoms with E-state index in [0.29, 0.717) is 38.4 Å². The van der Waals surface area contributed by atoms with Crippen molar-refractivity contribution < 1.29 is 29.3 Å². The van der Waals surface area contributed by atoms with Gasteiger partial charge in [-0.3, -0.25) is 9.69 Å². The van der Waals surface area contributed by atoms with Crippen molar-refractivity contribution in [1.82, 2.24) is 15.5 Å². The number of nitrogens with one attached hydrogen (secondary N) is 3. The van der Waals surface area contributed by atoms with E-state index in [1.165, 1.54) is 25.3 Å². The van der Waals surface area contributed by atoms with E-state index in [9.17, 15) is 24.9 Å². The molecular weight excluding hydrogens is 515 g/mol. The molecule has 10 heteroatoms. The summed E-state index contributed by atoms with van der Waals surface area (Å²) in [6, 6.07) is 4.56. The van der Waals surface area contributed by atoms with Gasteiger partial charge >= 0.3 is 6.03 Å². The number of nitrogens with zero attached hydrogens (tertiary/aromatic N) is 1. The second kappa shape index (κ2) is 10.9. The number of likely N-dealkylation sites (tertiary alicyclic amines) is 1. The molecular formula is C30H45FN4O5. The molecule has 5 fully saturated rings. The maximum Gasteiger partial charge on any atom is 0.319 e. The van der Waals surface area contributed by atoms with Crippen molar-refractivity contribution in [2.45, 2.75) is 82.8 Å². The first-order valence-electron chi connectivity index (χ1n) is 14.7. The highest BCUT2D eigenvalue weighted by Gasteiger charge is 2.60. The Morgan fingerprint density at radius 2 is 1.62 bits per heavy atom. The zero-order chi connectivity index (χ0) is 28.8. The Morgan fingerprint density at radius 3 is 2.17 bits per heavy atom. The van der Waals surface area contributed by atoms with Crippen molar-refractivity contribution >= 4 is 17.6 Å². The SMILES string of the molecule is CC12CC3CC(C)(C1)CC(NC(=O)Nc1ccc(CN4CCC(C(=O)NC(CO)(CO)CO)CC4)cc1F)(C3)C2. The number of benzene rings is 1. The third-order valence-corrected chi connectivity index (χ3v) is 9.95. The van der Waals surface area contributed by atoms with E-state index in [2.05, 4.69) is 34.7 Å². The van der Waals surface area contributed by atoms with E-state index in [1.807, 2.05) is 6.07 Å². The summed E-state index contributed by atoms with van der Waals surface area (Å²) in [5.74, 6) is -0.411. The lowest BCUT2D eigenvalue weighted by Crippen LogP contribution is -2.65. The third-order valence-electron chi connectivity index (χ3n) is 9.95. The zero-order valence-corrected chi connectivity index (χ0v) is 23.8. The van der Waals surface area contributed by atoms with Crippen LogP contribution >= 0.6 is 0 Å². The van der Waals surface area contributed by atoms with Gasteiger partial charge in [-0.25, -0.2) is 9.18 Å². The van der Waals surface area contributed by atoms with Crippen LogP contribution in [0.2, 0.25) is 0 Å². The molecule has 4 aliphatic carbocycles. The summed E-state index contributed by atoms with van der Waals surface area (Å²) in [6.45, 7) is 4.84. The van der Waals surface area contributed by atoms with Gasteiger partial charge in [-0.2, -0.15) is 0 Å². The van der Waals surface area contributed by atoms with Gasteiger partial charge in [0.25, 0.3) is 0 Å². The van der Waals surface area contributed by atoms with Crippen molar-refractivity contribution in [1.29, 1.82) is 0 Å². The molecule has 6 rings (SSSR count). The van der Waals surface area contributed by atoms with Gasteiger partial charge in [0.15, 0.2) is 0 Å². The standard InChI is InChI=1S/C30H45FN4O5/c1-27-10-21-11-28(2,14-27)16-29(12-21,15-27)34-26(40)32-24-4-3-20(9-23(24)31)13-35-7-5-22(6-8-35)25(39)33-30(17-36,18-37)19-38/h3-4,9,21-22,36-38H,5-8,10-19H2,1-2H3,(H,33,39)(H2,32,34,40). The van der Waals surface area contributed by atoms with E-state index in [-0.39, 0.29) is 39.9 Å². The number of carbonyl (C=O) groups is 2. The summed E-state index contributed by atoms with van der Waals surface area (Å²) < 4.78 is 15.0. The lowest BCUT2D eigenvalue weighted by atomic mass is 9.43. The van der Waals surface area contributed by atoms with E-state index in [1.54, 1.807) is 6.07 Å². The lowest BCUT2D eigenvalue weighted by Gasteiger charge is -2.65. The summed E-state index contributed by atoms with van der Waals surface area (Å²) in [5, 5.41) is 37.0. The molecule has 2 atom stereocenters. The van der Waals surface area contributed by atoms with Gasteiger partial charge in [0.2, 0.25) is 5.91 Å². The molecule has 0 spiro atoms. The second-order valence-corrected chi connectivity index (χ2v) is 14.1.